The van der Waals surface area contributed by atoms with Gasteiger partial charge in [-0.05, 0) is 36.4 Å². The molecule has 0 bridgehead atoms. The second-order valence-electron chi connectivity index (χ2n) is 6.33. The highest BCUT2D eigenvalue weighted by atomic mass is 16.5. The summed E-state index contributed by atoms with van der Waals surface area (Å²) in [5, 5.41) is 8.62. The van der Waals surface area contributed by atoms with Crippen LogP contribution < -0.4 is 9.64 Å². The largest absolute Gasteiger partial charge is 0.482 e. The van der Waals surface area contributed by atoms with Crippen LogP contribution in [0, 0.1) is 5.92 Å². The number of furan rings is 1. The fraction of sp³-hybridized carbons (Fsp3) is 0.316. The molecule has 1 aromatic carbocycles. The number of hydrogen-bond donors (Lipinski definition) is 1. The van der Waals surface area contributed by atoms with Crippen molar-refractivity contribution in [2.24, 2.45) is 5.92 Å². The average Bonchev–Trinajstić information content (AvgIpc) is 3.30. The zero-order valence-electron chi connectivity index (χ0n) is 14.8. The summed E-state index contributed by atoms with van der Waals surface area (Å²) in [5.74, 6) is -0.610. The first-order valence-electron chi connectivity index (χ1n) is 8.46. The molecule has 8 nitrogen and oxygen atoms in total. The van der Waals surface area contributed by atoms with Crippen LogP contribution in [0.25, 0.3) is 0 Å². The third kappa shape index (κ3) is 4.46. The van der Waals surface area contributed by atoms with Gasteiger partial charge in [0.2, 0.25) is 11.8 Å². The Morgan fingerprint density at radius 1 is 1.30 bits per heavy atom. The van der Waals surface area contributed by atoms with Gasteiger partial charge < -0.3 is 24.1 Å². The molecule has 1 N–H and O–H groups in total. The molecule has 2 aromatic rings. The highest BCUT2D eigenvalue weighted by Gasteiger charge is 2.36. The number of carbonyl (C=O) groups is 3. The second kappa shape index (κ2) is 7.94. The van der Waals surface area contributed by atoms with Gasteiger partial charge in [0.25, 0.3) is 0 Å². The number of carboxylic acid groups (broad SMARTS) is 1. The van der Waals surface area contributed by atoms with Crippen LogP contribution in [-0.2, 0) is 20.9 Å². The quantitative estimate of drug-likeness (QED) is 0.795. The van der Waals surface area contributed by atoms with Gasteiger partial charge in [-0.25, -0.2) is 4.79 Å². The number of ether oxygens (including phenoxy) is 1. The summed E-state index contributed by atoms with van der Waals surface area (Å²) in [5.41, 5.74) is 0.639. The molecule has 2 heterocycles. The highest BCUT2D eigenvalue weighted by molar-refractivity contribution is 5.98. The maximum atomic E-state index is 12.8. The summed E-state index contributed by atoms with van der Waals surface area (Å²) >= 11 is 0. The summed E-state index contributed by atoms with van der Waals surface area (Å²) in [4.78, 5) is 38.6. The van der Waals surface area contributed by atoms with E-state index in [1.807, 2.05) is 0 Å². The fourth-order valence-corrected chi connectivity index (χ4v) is 2.99. The summed E-state index contributed by atoms with van der Waals surface area (Å²) in [6.45, 7) is 0.279. The monoisotopic (exact) mass is 372 g/mol. The Kier molecular flexibility index (Phi) is 5.44. The van der Waals surface area contributed by atoms with E-state index in [9.17, 15) is 14.4 Å². The molecular weight excluding hydrogens is 352 g/mol. The highest BCUT2D eigenvalue weighted by Crippen LogP contribution is 2.25. The zero-order valence-corrected chi connectivity index (χ0v) is 14.8. The van der Waals surface area contributed by atoms with Gasteiger partial charge in [-0.15, -0.1) is 0 Å². The van der Waals surface area contributed by atoms with Crippen molar-refractivity contribution in [3.63, 3.8) is 0 Å². The minimum Gasteiger partial charge on any atom is -0.482 e. The number of likely N-dealkylation sites (tertiary alicyclic amines) is 1. The van der Waals surface area contributed by atoms with Crippen molar-refractivity contribution in [2.75, 3.05) is 25.1 Å². The predicted molar refractivity (Wildman–Crippen MR) is 95.2 cm³/mol. The molecule has 8 heteroatoms. The summed E-state index contributed by atoms with van der Waals surface area (Å²) in [6, 6.07) is 10.1. The molecule has 1 aliphatic heterocycles. The maximum Gasteiger partial charge on any atom is 0.341 e. The van der Waals surface area contributed by atoms with Gasteiger partial charge in [0.15, 0.2) is 6.61 Å². The van der Waals surface area contributed by atoms with Crippen LogP contribution in [0.15, 0.2) is 47.1 Å². The molecule has 0 radical (unpaired) electrons. The maximum absolute atomic E-state index is 12.8. The van der Waals surface area contributed by atoms with Crippen molar-refractivity contribution in [1.29, 1.82) is 0 Å². The summed E-state index contributed by atoms with van der Waals surface area (Å²) < 4.78 is 10.3. The Bertz CT molecular complexity index is 815. The second-order valence-corrected chi connectivity index (χ2v) is 6.33. The molecular formula is C19H20N2O6. The Morgan fingerprint density at radius 3 is 2.67 bits per heavy atom. The minimum atomic E-state index is -1.06. The standard InChI is InChI=1S/C19H20N2O6/c1-20(14-4-6-15(7-5-14)27-12-18(23)24)19(25)13-9-17(22)21(10-13)11-16-3-2-8-26-16/h2-8,13H,9-12H2,1H3,(H,23,24). The topological polar surface area (TPSA) is 100 Å². The Morgan fingerprint density at radius 2 is 2.04 bits per heavy atom. The van der Waals surface area contributed by atoms with Crippen LogP contribution in [-0.4, -0.2) is 48.0 Å². The number of amides is 2. The third-order valence-corrected chi connectivity index (χ3v) is 4.41. The van der Waals surface area contributed by atoms with Gasteiger partial charge in [0, 0.05) is 25.7 Å². The number of carbonyl (C=O) groups excluding carboxylic acids is 2. The molecule has 2 amide bonds. The van der Waals surface area contributed by atoms with Gasteiger partial charge in [0.05, 0.1) is 18.7 Å². The van der Waals surface area contributed by atoms with E-state index < -0.39 is 18.5 Å². The molecule has 0 spiro atoms. The van der Waals surface area contributed by atoms with Gasteiger partial charge in [-0.2, -0.15) is 0 Å². The van der Waals surface area contributed by atoms with E-state index in [1.54, 1.807) is 54.6 Å². The van der Waals surface area contributed by atoms with E-state index >= 15 is 0 Å². The number of anilines is 1. The predicted octanol–water partition coefficient (Wildman–Crippen LogP) is 1.75. The van der Waals surface area contributed by atoms with Crippen LogP contribution in [0.3, 0.4) is 0 Å². The van der Waals surface area contributed by atoms with E-state index in [1.165, 1.54) is 4.90 Å². The number of nitrogens with zero attached hydrogens (tertiary/aromatic N) is 2. The third-order valence-electron chi connectivity index (χ3n) is 4.41. The lowest BCUT2D eigenvalue weighted by Gasteiger charge is -2.21. The number of rotatable bonds is 7. The first-order chi connectivity index (χ1) is 12.9. The molecule has 1 aromatic heterocycles. The van der Waals surface area contributed by atoms with Gasteiger partial charge in [-0.1, -0.05) is 0 Å². The number of benzene rings is 1. The van der Waals surface area contributed by atoms with E-state index in [0.717, 1.165) is 0 Å². The molecule has 1 fully saturated rings. The van der Waals surface area contributed by atoms with E-state index in [0.29, 0.717) is 30.3 Å². The fourth-order valence-electron chi connectivity index (χ4n) is 2.99. The number of hydrogen-bond acceptors (Lipinski definition) is 5. The molecule has 0 saturated carbocycles. The van der Waals surface area contributed by atoms with Crippen LogP contribution in [0.4, 0.5) is 5.69 Å². The Balaban J connectivity index is 1.60. The van der Waals surface area contributed by atoms with Gasteiger partial charge in [0.1, 0.15) is 11.5 Å². The SMILES string of the molecule is CN(C(=O)C1CC(=O)N(Cc2ccco2)C1)c1ccc(OCC(=O)O)cc1. The molecule has 1 aliphatic rings. The molecule has 142 valence electrons. The number of aliphatic carboxylic acids is 1. The molecule has 1 unspecified atom stereocenters. The Hall–Kier alpha value is -3.29. The smallest absolute Gasteiger partial charge is 0.341 e. The van der Waals surface area contributed by atoms with Crippen molar-refractivity contribution in [1.82, 2.24) is 4.90 Å². The van der Waals surface area contributed by atoms with Crippen LogP contribution in [0.1, 0.15) is 12.2 Å². The summed E-state index contributed by atoms with van der Waals surface area (Å²) in [6.07, 6.45) is 1.72. The zero-order chi connectivity index (χ0) is 19.4. The first kappa shape index (κ1) is 18.5. The molecule has 1 atom stereocenters. The van der Waals surface area contributed by atoms with Crippen molar-refractivity contribution < 1.29 is 28.6 Å². The van der Waals surface area contributed by atoms with E-state index in [4.69, 9.17) is 14.3 Å². The number of carboxylic acids is 1. The molecule has 0 aliphatic carbocycles. The molecule has 3 rings (SSSR count). The van der Waals surface area contributed by atoms with Gasteiger partial charge in [-0.3, -0.25) is 9.59 Å². The van der Waals surface area contributed by atoms with Crippen LogP contribution in [0.5, 0.6) is 5.75 Å². The van der Waals surface area contributed by atoms with E-state index in [-0.39, 0.29) is 18.2 Å². The lowest BCUT2D eigenvalue weighted by Crippen LogP contribution is -2.34. The first-order valence-corrected chi connectivity index (χ1v) is 8.46. The van der Waals surface area contributed by atoms with Crippen molar-refractivity contribution in [2.45, 2.75) is 13.0 Å². The summed E-state index contributed by atoms with van der Waals surface area (Å²) in [7, 11) is 1.65. The van der Waals surface area contributed by atoms with Crippen molar-refractivity contribution in [3.05, 3.63) is 48.4 Å². The lowest BCUT2D eigenvalue weighted by atomic mass is 10.1. The normalized spacial score (nSPS) is 16.4. The van der Waals surface area contributed by atoms with Gasteiger partial charge >= 0.3 is 5.97 Å². The molecule has 1 saturated heterocycles. The van der Waals surface area contributed by atoms with Crippen LogP contribution in [0.2, 0.25) is 0 Å². The Labute approximate surface area is 155 Å². The van der Waals surface area contributed by atoms with Crippen molar-refractivity contribution >= 4 is 23.5 Å². The van der Waals surface area contributed by atoms with E-state index in [2.05, 4.69) is 0 Å². The minimum absolute atomic E-state index is 0.0735. The average molecular weight is 372 g/mol. The molecule has 27 heavy (non-hydrogen) atoms. The van der Waals surface area contributed by atoms with Crippen molar-refractivity contribution in [3.8, 4) is 5.75 Å². The van der Waals surface area contributed by atoms with Crippen LogP contribution >= 0.6 is 0 Å². The lowest BCUT2D eigenvalue weighted by molar-refractivity contribution is -0.139.